The van der Waals surface area contributed by atoms with Crippen molar-refractivity contribution >= 4 is 17.5 Å². The van der Waals surface area contributed by atoms with Crippen molar-refractivity contribution in [3.05, 3.63) is 108 Å². The van der Waals surface area contributed by atoms with E-state index in [0.29, 0.717) is 11.5 Å². The fraction of sp³-hybridized carbons (Fsp3) is 0.233. The van der Waals surface area contributed by atoms with Crippen LogP contribution in [0.5, 0.6) is 0 Å². The molecule has 0 aliphatic carbocycles. The first-order valence-electron chi connectivity index (χ1n) is 12.5. The predicted octanol–water partition coefficient (Wildman–Crippen LogP) is 5.59. The van der Waals surface area contributed by atoms with Crippen LogP contribution in [0.2, 0.25) is 0 Å². The Morgan fingerprint density at radius 1 is 0.889 bits per heavy atom. The number of piperidine rings is 1. The first-order valence-corrected chi connectivity index (χ1v) is 12.5. The number of aromatic nitrogens is 2. The van der Waals surface area contributed by atoms with Crippen molar-refractivity contribution in [3.63, 3.8) is 0 Å². The first kappa shape index (κ1) is 23.7. The zero-order valence-electron chi connectivity index (χ0n) is 20.5. The van der Waals surface area contributed by atoms with Gasteiger partial charge in [0.2, 0.25) is 5.95 Å². The van der Waals surface area contributed by atoms with E-state index in [1.54, 1.807) is 12.4 Å². The lowest BCUT2D eigenvalue weighted by Crippen LogP contribution is -2.44. The lowest BCUT2D eigenvalue weighted by atomic mass is 10.0. The minimum Gasteiger partial charge on any atom is -0.349 e. The number of carbonyl (C=O) groups excluding carboxylic acids is 1. The molecule has 0 saturated carbocycles. The van der Waals surface area contributed by atoms with Gasteiger partial charge in [-0.25, -0.2) is 9.97 Å². The van der Waals surface area contributed by atoms with Crippen LogP contribution < -0.4 is 10.6 Å². The van der Waals surface area contributed by atoms with E-state index in [1.807, 2.05) is 30.3 Å². The highest BCUT2D eigenvalue weighted by molar-refractivity contribution is 5.95. The van der Waals surface area contributed by atoms with Gasteiger partial charge in [-0.15, -0.1) is 0 Å². The summed E-state index contributed by atoms with van der Waals surface area (Å²) >= 11 is 0. The summed E-state index contributed by atoms with van der Waals surface area (Å²) in [6, 6.07) is 26.5. The second kappa shape index (κ2) is 11.1. The number of aryl methyl sites for hydroxylation is 1. The number of carbonyl (C=O) groups is 1. The zero-order valence-corrected chi connectivity index (χ0v) is 20.5. The lowest BCUT2D eigenvalue weighted by molar-refractivity contribution is 0.0909. The van der Waals surface area contributed by atoms with Crippen LogP contribution in [0.15, 0.2) is 91.3 Å². The molecule has 0 unspecified atom stereocenters. The smallest absolute Gasteiger partial charge is 0.251 e. The quantitative estimate of drug-likeness (QED) is 0.363. The molecule has 0 atom stereocenters. The zero-order chi connectivity index (χ0) is 24.7. The summed E-state index contributed by atoms with van der Waals surface area (Å²) in [6.07, 6.45) is 5.52. The van der Waals surface area contributed by atoms with E-state index in [9.17, 15) is 4.79 Å². The molecule has 1 saturated heterocycles. The molecule has 1 fully saturated rings. The van der Waals surface area contributed by atoms with Crippen molar-refractivity contribution in [1.82, 2.24) is 20.2 Å². The van der Waals surface area contributed by atoms with Gasteiger partial charge in [-0.2, -0.15) is 0 Å². The maximum absolute atomic E-state index is 12.9. The summed E-state index contributed by atoms with van der Waals surface area (Å²) in [7, 11) is 0. The molecule has 2 N–H and O–H groups in total. The Bertz CT molecular complexity index is 1280. The van der Waals surface area contributed by atoms with Gasteiger partial charge in [0.05, 0.1) is 0 Å². The van der Waals surface area contributed by atoms with E-state index in [1.165, 1.54) is 11.1 Å². The highest BCUT2D eigenvalue weighted by Crippen LogP contribution is 2.21. The molecule has 0 bridgehead atoms. The third-order valence-corrected chi connectivity index (χ3v) is 6.59. The average Bonchev–Trinajstić information content (AvgIpc) is 2.91. The number of anilines is 2. The Morgan fingerprint density at radius 3 is 2.33 bits per heavy atom. The van der Waals surface area contributed by atoms with Crippen LogP contribution in [0.3, 0.4) is 0 Å². The fourth-order valence-electron chi connectivity index (χ4n) is 4.50. The van der Waals surface area contributed by atoms with Crippen molar-refractivity contribution in [2.75, 3.05) is 18.4 Å². The number of hydrogen-bond acceptors (Lipinski definition) is 5. The number of nitrogens with zero attached hydrogens (tertiary/aromatic N) is 3. The lowest BCUT2D eigenvalue weighted by Gasteiger charge is -2.32. The van der Waals surface area contributed by atoms with E-state index >= 15 is 0 Å². The number of benzene rings is 3. The van der Waals surface area contributed by atoms with Crippen molar-refractivity contribution in [3.8, 4) is 11.1 Å². The van der Waals surface area contributed by atoms with Crippen LogP contribution in [-0.2, 0) is 6.54 Å². The van der Waals surface area contributed by atoms with E-state index in [0.717, 1.165) is 49.3 Å². The highest BCUT2D eigenvalue weighted by Gasteiger charge is 2.21. The van der Waals surface area contributed by atoms with Crippen LogP contribution in [0, 0.1) is 6.92 Å². The molecule has 0 spiro atoms. The Kier molecular flexibility index (Phi) is 7.33. The molecule has 5 rings (SSSR count). The molecular formula is C30H31N5O. The summed E-state index contributed by atoms with van der Waals surface area (Å²) < 4.78 is 0. The normalized spacial score (nSPS) is 14.4. The van der Waals surface area contributed by atoms with Crippen molar-refractivity contribution < 1.29 is 4.79 Å². The summed E-state index contributed by atoms with van der Waals surface area (Å²) in [5.74, 6) is 0.449. The third-order valence-electron chi connectivity index (χ3n) is 6.59. The molecule has 1 amide bonds. The number of amides is 1. The van der Waals surface area contributed by atoms with E-state index < -0.39 is 0 Å². The number of likely N-dealkylation sites (tertiary alicyclic amines) is 1. The van der Waals surface area contributed by atoms with E-state index in [-0.39, 0.29) is 11.9 Å². The Hall–Kier alpha value is -4.03. The van der Waals surface area contributed by atoms with Gasteiger partial charge >= 0.3 is 0 Å². The van der Waals surface area contributed by atoms with E-state index in [4.69, 9.17) is 0 Å². The van der Waals surface area contributed by atoms with Gasteiger partial charge in [-0.05, 0) is 49.1 Å². The van der Waals surface area contributed by atoms with Crippen LogP contribution in [0.25, 0.3) is 11.1 Å². The fourth-order valence-corrected chi connectivity index (χ4v) is 4.50. The van der Waals surface area contributed by atoms with Gasteiger partial charge in [0.1, 0.15) is 0 Å². The number of nitrogens with one attached hydrogen (secondary N) is 2. The molecule has 182 valence electrons. The molecule has 0 radical (unpaired) electrons. The first-order chi connectivity index (χ1) is 17.6. The van der Waals surface area contributed by atoms with Crippen molar-refractivity contribution in [1.29, 1.82) is 0 Å². The molecule has 4 aromatic rings. The van der Waals surface area contributed by atoms with Crippen LogP contribution in [0.4, 0.5) is 11.6 Å². The predicted molar refractivity (Wildman–Crippen MR) is 144 cm³/mol. The van der Waals surface area contributed by atoms with Gasteiger partial charge in [0, 0.05) is 54.9 Å². The minimum absolute atomic E-state index is 0.0456. The van der Waals surface area contributed by atoms with Crippen LogP contribution >= 0.6 is 0 Å². The molecule has 1 aliphatic heterocycles. The van der Waals surface area contributed by atoms with E-state index in [2.05, 4.69) is 81.0 Å². The molecule has 1 aliphatic rings. The number of rotatable bonds is 7. The number of hydrogen-bond donors (Lipinski definition) is 2. The standard InChI is InChI=1S/C30H31N5O/c1-22-10-12-24(13-11-22)26-19-31-30(32-20-26)34-28-9-5-8-25(18-28)29(36)33-27-14-16-35(17-15-27)21-23-6-3-2-4-7-23/h2-13,18-20,27H,14-17,21H2,1H3,(H,33,36)(H,31,32,34). The van der Waals surface area contributed by atoms with Gasteiger partial charge in [0.15, 0.2) is 0 Å². The highest BCUT2D eigenvalue weighted by atomic mass is 16.1. The average molecular weight is 478 g/mol. The molecule has 6 heteroatoms. The largest absolute Gasteiger partial charge is 0.349 e. The Morgan fingerprint density at radius 2 is 1.61 bits per heavy atom. The van der Waals surface area contributed by atoms with Gasteiger partial charge in [-0.3, -0.25) is 9.69 Å². The van der Waals surface area contributed by atoms with Gasteiger partial charge in [0.25, 0.3) is 5.91 Å². The minimum atomic E-state index is -0.0456. The second-order valence-electron chi connectivity index (χ2n) is 9.38. The molecule has 1 aromatic heterocycles. The maximum Gasteiger partial charge on any atom is 0.251 e. The monoisotopic (exact) mass is 477 g/mol. The molecule has 6 nitrogen and oxygen atoms in total. The summed E-state index contributed by atoms with van der Waals surface area (Å²) in [4.78, 5) is 24.3. The SMILES string of the molecule is Cc1ccc(-c2cnc(Nc3cccc(C(=O)NC4CCN(Cc5ccccc5)CC4)c3)nc2)cc1. The molecular weight excluding hydrogens is 446 g/mol. The second-order valence-corrected chi connectivity index (χ2v) is 9.38. The van der Waals surface area contributed by atoms with Gasteiger partial charge in [-0.1, -0.05) is 66.2 Å². The Balaban J connectivity index is 1.14. The summed E-state index contributed by atoms with van der Waals surface area (Å²) in [6.45, 7) is 5.00. The van der Waals surface area contributed by atoms with Crippen molar-refractivity contribution in [2.24, 2.45) is 0 Å². The Labute approximate surface area is 212 Å². The topological polar surface area (TPSA) is 70.2 Å². The third kappa shape index (κ3) is 6.15. The summed E-state index contributed by atoms with van der Waals surface area (Å²) in [5, 5.41) is 6.43. The van der Waals surface area contributed by atoms with Gasteiger partial charge < -0.3 is 10.6 Å². The van der Waals surface area contributed by atoms with Crippen LogP contribution in [-0.4, -0.2) is 39.9 Å². The molecule has 36 heavy (non-hydrogen) atoms. The van der Waals surface area contributed by atoms with Crippen LogP contribution in [0.1, 0.15) is 34.3 Å². The van der Waals surface area contributed by atoms with Crippen molar-refractivity contribution in [2.45, 2.75) is 32.4 Å². The maximum atomic E-state index is 12.9. The summed E-state index contributed by atoms with van der Waals surface area (Å²) in [5.41, 5.74) is 6.00. The molecule has 2 heterocycles. The molecule has 3 aromatic carbocycles.